The normalized spacial score (nSPS) is 11.1. The van der Waals surface area contributed by atoms with Crippen molar-refractivity contribution in [1.82, 2.24) is 24.9 Å². The van der Waals surface area contributed by atoms with Crippen LogP contribution in [-0.4, -0.2) is 24.9 Å². The van der Waals surface area contributed by atoms with Gasteiger partial charge in [0.1, 0.15) is 16.7 Å². The smallest absolute Gasteiger partial charge is 0.146 e. The Labute approximate surface area is 151 Å². The Bertz CT molecular complexity index is 972. The molecule has 0 aliphatic rings. The molecule has 0 N–H and O–H groups in total. The Morgan fingerprint density at radius 3 is 2.40 bits per heavy atom. The SMILES string of the molecule is CC(C)c1ccnc2cccnc12.CC(C)c1ncnc2scnc12. The standard InChI is InChI=1S/C11H12N2.C8H9N3S/c1-8(2)9-5-7-12-10-4-3-6-13-11(9)10;1-5(2)6-7-8(10-3-9-6)12-4-11-7/h3-8H,1-2H3;3-5H,1-2H3. The number of nitrogens with zero attached hydrogens (tertiary/aromatic N) is 5. The first-order chi connectivity index (χ1) is 12.1. The summed E-state index contributed by atoms with van der Waals surface area (Å²) in [5.74, 6) is 0.915. The van der Waals surface area contributed by atoms with Gasteiger partial charge in [-0.05, 0) is 35.6 Å². The lowest BCUT2D eigenvalue weighted by atomic mass is 10.0. The highest BCUT2D eigenvalue weighted by molar-refractivity contribution is 7.16. The van der Waals surface area contributed by atoms with Crippen LogP contribution in [-0.2, 0) is 0 Å². The molecule has 0 unspecified atom stereocenters. The molecular formula is C19H21N5S. The van der Waals surface area contributed by atoms with E-state index in [1.165, 1.54) is 5.56 Å². The molecular weight excluding hydrogens is 330 g/mol. The highest BCUT2D eigenvalue weighted by Gasteiger charge is 2.08. The highest BCUT2D eigenvalue weighted by Crippen LogP contribution is 2.22. The minimum absolute atomic E-state index is 0.414. The molecule has 0 atom stereocenters. The molecule has 4 aromatic heterocycles. The van der Waals surface area contributed by atoms with Crippen molar-refractivity contribution in [3.8, 4) is 0 Å². The fraction of sp³-hybridized carbons (Fsp3) is 0.316. The summed E-state index contributed by atoms with van der Waals surface area (Å²) in [6, 6.07) is 5.95. The van der Waals surface area contributed by atoms with Crippen LogP contribution >= 0.6 is 11.3 Å². The Morgan fingerprint density at radius 1 is 0.800 bits per heavy atom. The average Bonchev–Trinajstić information content (AvgIpc) is 3.10. The van der Waals surface area contributed by atoms with Crippen molar-refractivity contribution < 1.29 is 0 Å². The molecule has 0 saturated heterocycles. The van der Waals surface area contributed by atoms with Crippen molar-refractivity contribution in [1.29, 1.82) is 0 Å². The number of fused-ring (bicyclic) bond motifs is 2. The van der Waals surface area contributed by atoms with Crippen LogP contribution in [0.25, 0.3) is 21.4 Å². The number of aromatic nitrogens is 5. The zero-order valence-electron chi connectivity index (χ0n) is 14.8. The van der Waals surface area contributed by atoms with Crippen LogP contribution in [0.15, 0.2) is 42.4 Å². The third kappa shape index (κ3) is 3.79. The number of pyridine rings is 2. The molecule has 0 amide bonds. The first kappa shape index (κ1) is 17.4. The van der Waals surface area contributed by atoms with E-state index in [1.54, 1.807) is 17.7 Å². The molecule has 128 valence electrons. The van der Waals surface area contributed by atoms with Gasteiger partial charge in [-0.15, -0.1) is 11.3 Å². The Morgan fingerprint density at radius 2 is 1.64 bits per heavy atom. The van der Waals surface area contributed by atoms with Gasteiger partial charge in [-0.2, -0.15) is 0 Å². The van der Waals surface area contributed by atoms with E-state index in [4.69, 9.17) is 0 Å². The Hall–Kier alpha value is -2.47. The minimum Gasteiger partial charge on any atom is -0.255 e. The van der Waals surface area contributed by atoms with Gasteiger partial charge in [0.25, 0.3) is 0 Å². The van der Waals surface area contributed by atoms with E-state index in [0.717, 1.165) is 27.1 Å². The van der Waals surface area contributed by atoms with E-state index in [0.29, 0.717) is 11.8 Å². The molecule has 4 heterocycles. The third-order valence-electron chi connectivity index (χ3n) is 3.86. The van der Waals surface area contributed by atoms with E-state index in [9.17, 15) is 0 Å². The topological polar surface area (TPSA) is 64.5 Å². The molecule has 5 nitrogen and oxygen atoms in total. The molecule has 0 radical (unpaired) electrons. The number of rotatable bonds is 2. The fourth-order valence-electron chi connectivity index (χ4n) is 2.60. The predicted molar refractivity (Wildman–Crippen MR) is 103 cm³/mol. The van der Waals surface area contributed by atoms with Crippen molar-refractivity contribution in [2.75, 3.05) is 0 Å². The largest absolute Gasteiger partial charge is 0.255 e. The second-order valence-electron chi connectivity index (χ2n) is 6.35. The molecule has 4 aromatic rings. The average molecular weight is 351 g/mol. The van der Waals surface area contributed by atoms with Crippen LogP contribution in [0.3, 0.4) is 0 Å². The summed E-state index contributed by atoms with van der Waals surface area (Å²) in [4.78, 5) is 22.2. The van der Waals surface area contributed by atoms with Crippen LogP contribution < -0.4 is 0 Å². The van der Waals surface area contributed by atoms with E-state index in [2.05, 4.69) is 52.6 Å². The van der Waals surface area contributed by atoms with E-state index in [-0.39, 0.29) is 0 Å². The van der Waals surface area contributed by atoms with E-state index < -0.39 is 0 Å². The maximum atomic E-state index is 4.34. The third-order valence-corrected chi connectivity index (χ3v) is 4.59. The number of hydrogen-bond donors (Lipinski definition) is 0. The lowest BCUT2D eigenvalue weighted by Crippen LogP contribution is -1.94. The van der Waals surface area contributed by atoms with Gasteiger partial charge in [-0.25, -0.2) is 15.0 Å². The van der Waals surface area contributed by atoms with E-state index in [1.807, 2.05) is 36.1 Å². The maximum absolute atomic E-state index is 4.34. The lowest BCUT2D eigenvalue weighted by molar-refractivity contribution is 0.826. The van der Waals surface area contributed by atoms with Crippen LogP contribution in [0.2, 0.25) is 0 Å². The molecule has 0 aromatic carbocycles. The van der Waals surface area contributed by atoms with Gasteiger partial charge in [-0.3, -0.25) is 9.97 Å². The summed E-state index contributed by atoms with van der Waals surface area (Å²) in [5.41, 5.74) is 7.09. The van der Waals surface area contributed by atoms with Crippen molar-refractivity contribution in [2.24, 2.45) is 0 Å². The van der Waals surface area contributed by atoms with Crippen molar-refractivity contribution in [2.45, 2.75) is 39.5 Å². The van der Waals surface area contributed by atoms with E-state index >= 15 is 0 Å². The van der Waals surface area contributed by atoms with Gasteiger partial charge in [0, 0.05) is 12.4 Å². The van der Waals surface area contributed by atoms with Gasteiger partial charge >= 0.3 is 0 Å². The zero-order chi connectivity index (χ0) is 17.8. The fourth-order valence-corrected chi connectivity index (χ4v) is 3.24. The molecule has 0 spiro atoms. The molecule has 0 fully saturated rings. The van der Waals surface area contributed by atoms with Gasteiger partial charge in [0.2, 0.25) is 0 Å². The maximum Gasteiger partial charge on any atom is 0.146 e. The Kier molecular flexibility index (Phi) is 5.28. The van der Waals surface area contributed by atoms with Gasteiger partial charge in [-0.1, -0.05) is 27.7 Å². The number of thiazole rings is 1. The van der Waals surface area contributed by atoms with Crippen LogP contribution in [0.5, 0.6) is 0 Å². The summed E-state index contributed by atoms with van der Waals surface area (Å²) in [7, 11) is 0. The second-order valence-corrected chi connectivity index (χ2v) is 7.18. The van der Waals surface area contributed by atoms with Crippen LogP contribution in [0, 0.1) is 0 Å². The number of hydrogen-bond acceptors (Lipinski definition) is 6. The van der Waals surface area contributed by atoms with Gasteiger partial charge < -0.3 is 0 Å². The molecule has 25 heavy (non-hydrogen) atoms. The van der Waals surface area contributed by atoms with Gasteiger partial charge in [0.15, 0.2) is 0 Å². The summed E-state index contributed by atoms with van der Waals surface area (Å²) < 4.78 is 0. The second kappa shape index (κ2) is 7.61. The summed E-state index contributed by atoms with van der Waals surface area (Å²) in [6.07, 6.45) is 5.27. The summed E-state index contributed by atoms with van der Waals surface area (Å²) in [6.45, 7) is 8.56. The molecule has 0 bridgehead atoms. The zero-order valence-corrected chi connectivity index (χ0v) is 15.7. The quantitative estimate of drug-likeness (QED) is 0.510. The molecule has 0 aliphatic carbocycles. The Balaban J connectivity index is 0.000000146. The monoisotopic (exact) mass is 351 g/mol. The summed E-state index contributed by atoms with van der Waals surface area (Å²) in [5, 5.41) is 0. The molecule has 6 heteroatoms. The van der Waals surface area contributed by atoms with Gasteiger partial charge in [0.05, 0.1) is 22.2 Å². The first-order valence-corrected chi connectivity index (χ1v) is 9.19. The molecule has 4 rings (SSSR count). The van der Waals surface area contributed by atoms with Crippen molar-refractivity contribution in [3.63, 3.8) is 0 Å². The molecule has 0 aliphatic heterocycles. The van der Waals surface area contributed by atoms with Crippen LogP contribution in [0.4, 0.5) is 0 Å². The predicted octanol–water partition coefficient (Wildman–Crippen LogP) is 4.96. The van der Waals surface area contributed by atoms with Crippen molar-refractivity contribution >= 4 is 32.7 Å². The summed E-state index contributed by atoms with van der Waals surface area (Å²) >= 11 is 1.56. The van der Waals surface area contributed by atoms with Crippen molar-refractivity contribution in [3.05, 3.63) is 53.7 Å². The highest BCUT2D eigenvalue weighted by atomic mass is 32.1. The minimum atomic E-state index is 0.414. The lowest BCUT2D eigenvalue weighted by Gasteiger charge is -2.07. The van der Waals surface area contributed by atoms with Crippen LogP contribution in [0.1, 0.15) is 50.8 Å². The first-order valence-electron chi connectivity index (χ1n) is 8.31. The molecule has 0 saturated carbocycles.